The molecule has 25 heavy (non-hydrogen) atoms. The number of aryl methyl sites for hydroxylation is 1. The van der Waals surface area contributed by atoms with Crippen LogP contribution in [0.5, 0.6) is 0 Å². The number of nitrogens with zero attached hydrogens (tertiary/aromatic N) is 3. The Balaban J connectivity index is 1.54. The summed E-state index contributed by atoms with van der Waals surface area (Å²) in [5.74, 6) is 0.345. The molecule has 0 radical (unpaired) electrons. The summed E-state index contributed by atoms with van der Waals surface area (Å²) >= 11 is 2.87. The summed E-state index contributed by atoms with van der Waals surface area (Å²) in [7, 11) is 0. The number of para-hydroxylation sites is 2. The van der Waals surface area contributed by atoms with Gasteiger partial charge in [0.1, 0.15) is 5.52 Å². The van der Waals surface area contributed by atoms with Crippen molar-refractivity contribution in [3.63, 3.8) is 0 Å². The van der Waals surface area contributed by atoms with Gasteiger partial charge in [-0.15, -0.1) is 11.3 Å². The summed E-state index contributed by atoms with van der Waals surface area (Å²) in [4.78, 5) is 21.4. The number of rotatable bonds is 5. The summed E-state index contributed by atoms with van der Waals surface area (Å²) in [5.41, 5.74) is 4.17. The van der Waals surface area contributed by atoms with Crippen LogP contribution in [0.15, 0.2) is 51.5 Å². The zero-order chi connectivity index (χ0) is 17.4. The highest BCUT2D eigenvalue weighted by Crippen LogP contribution is 2.26. The predicted octanol–water partition coefficient (Wildman–Crippen LogP) is 4.67. The molecule has 0 saturated carbocycles. The van der Waals surface area contributed by atoms with Crippen LogP contribution in [0.1, 0.15) is 21.7 Å². The second kappa shape index (κ2) is 6.50. The number of oxazole rings is 1. The van der Waals surface area contributed by atoms with E-state index in [0.717, 1.165) is 33.2 Å². The summed E-state index contributed by atoms with van der Waals surface area (Å²) in [5, 5.41) is 3.32. The lowest BCUT2D eigenvalue weighted by Gasteiger charge is -2.05. The molecule has 0 aliphatic rings. The molecule has 3 aromatic heterocycles. The van der Waals surface area contributed by atoms with Crippen molar-refractivity contribution >= 4 is 40.0 Å². The molecule has 4 aromatic rings. The first kappa shape index (κ1) is 16.1. The number of hydrogen-bond donors (Lipinski definition) is 0. The van der Waals surface area contributed by atoms with Gasteiger partial charge in [-0.2, -0.15) is 0 Å². The fourth-order valence-electron chi connectivity index (χ4n) is 2.78. The quantitative estimate of drug-likeness (QED) is 0.378. The van der Waals surface area contributed by atoms with Crippen LogP contribution in [0.3, 0.4) is 0 Å². The van der Waals surface area contributed by atoms with Crippen molar-refractivity contribution < 1.29 is 9.21 Å². The lowest BCUT2D eigenvalue weighted by molar-refractivity contribution is 0.102. The molecule has 126 valence electrons. The van der Waals surface area contributed by atoms with Crippen molar-refractivity contribution in [2.45, 2.75) is 19.1 Å². The molecule has 0 N–H and O–H groups in total. The highest BCUT2D eigenvalue weighted by atomic mass is 32.2. The Hall–Kier alpha value is -2.38. The van der Waals surface area contributed by atoms with E-state index < -0.39 is 0 Å². The number of benzene rings is 1. The fraction of sp³-hybridized carbons (Fsp3) is 0.167. The van der Waals surface area contributed by atoms with Gasteiger partial charge in [0, 0.05) is 28.5 Å². The summed E-state index contributed by atoms with van der Waals surface area (Å²) in [6, 6.07) is 9.51. The lowest BCUT2D eigenvalue weighted by atomic mass is 10.2. The number of fused-ring (bicyclic) bond motifs is 1. The fourth-order valence-corrected chi connectivity index (χ4v) is 4.26. The first-order chi connectivity index (χ1) is 12.1. The van der Waals surface area contributed by atoms with Crippen molar-refractivity contribution in [3.8, 4) is 5.13 Å². The van der Waals surface area contributed by atoms with Gasteiger partial charge in [0.05, 0.1) is 5.75 Å². The minimum atomic E-state index is 0.0585. The van der Waals surface area contributed by atoms with Gasteiger partial charge < -0.3 is 4.42 Å². The van der Waals surface area contributed by atoms with Crippen LogP contribution in [-0.2, 0) is 0 Å². The van der Waals surface area contributed by atoms with Gasteiger partial charge in [0.15, 0.2) is 16.5 Å². The maximum absolute atomic E-state index is 12.7. The molecular formula is C18H15N3O2S2. The number of carbonyl (C=O) groups excluding carboxylic acids is 1. The maximum atomic E-state index is 12.7. The molecule has 0 unspecified atom stereocenters. The van der Waals surface area contributed by atoms with Crippen LogP contribution in [0.25, 0.3) is 16.2 Å². The maximum Gasteiger partial charge on any atom is 0.257 e. The summed E-state index contributed by atoms with van der Waals surface area (Å²) < 4.78 is 7.67. The molecule has 0 fully saturated rings. The molecule has 0 saturated heterocycles. The standard InChI is InChI=1S/C18H15N3O2S2/c1-11-9-13(12(2)21(11)17-19-7-8-24-17)15(22)10-25-18-20-14-5-3-4-6-16(14)23-18/h3-9H,10H2,1-2H3. The molecular weight excluding hydrogens is 354 g/mol. The van der Waals surface area contributed by atoms with Crippen LogP contribution in [-0.4, -0.2) is 26.1 Å². The van der Waals surface area contributed by atoms with Crippen LogP contribution in [0, 0.1) is 13.8 Å². The van der Waals surface area contributed by atoms with Gasteiger partial charge >= 0.3 is 0 Å². The Morgan fingerprint density at radius 3 is 2.92 bits per heavy atom. The average molecular weight is 369 g/mol. The number of thioether (sulfide) groups is 1. The van der Waals surface area contributed by atoms with Crippen LogP contribution >= 0.6 is 23.1 Å². The monoisotopic (exact) mass is 369 g/mol. The Bertz CT molecular complexity index is 1010. The zero-order valence-electron chi connectivity index (χ0n) is 13.7. The third kappa shape index (κ3) is 3.01. The highest BCUT2D eigenvalue weighted by Gasteiger charge is 2.18. The van der Waals surface area contributed by atoms with E-state index in [1.165, 1.54) is 11.8 Å². The van der Waals surface area contributed by atoms with Crippen molar-refractivity contribution in [1.29, 1.82) is 0 Å². The van der Waals surface area contributed by atoms with Crippen molar-refractivity contribution in [2.75, 3.05) is 5.75 Å². The van der Waals surface area contributed by atoms with Gasteiger partial charge in [0.25, 0.3) is 5.22 Å². The average Bonchev–Trinajstić information content (AvgIpc) is 3.31. The molecule has 0 atom stereocenters. The molecule has 0 spiro atoms. The first-order valence-electron chi connectivity index (χ1n) is 7.74. The molecule has 0 amide bonds. The molecule has 1 aromatic carbocycles. The van der Waals surface area contributed by atoms with E-state index in [-0.39, 0.29) is 11.5 Å². The summed E-state index contributed by atoms with van der Waals surface area (Å²) in [6.07, 6.45) is 1.77. The number of thiazole rings is 1. The van der Waals surface area contributed by atoms with Gasteiger partial charge in [-0.05, 0) is 32.0 Å². The zero-order valence-corrected chi connectivity index (χ0v) is 15.4. The molecule has 0 aliphatic heterocycles. The topological polar surface area (TPSA) is 60.9 Å². The number of Topliss-reactive ketones (excluding diaryl/α,β-unsaturated/α-hetero) is 1. The second-order valence-electron chi connectivity index (χ2n) is 5.59. The van der Waals surface area contributed by atoms with Crippen molar-refractivity contribution in [2.24, 2.45) is 0 Å². The van der Waals surface area contributed by atoms with E-state index in [4.69, 9.17) is 4.42 Å². The highest BCUT2D eigenvalue weighted by molar-refractivity contribution is 7.99. The number of hydrogen-bond acceptors (Lipinski definition) is 6. The molecule has 4 rings (SSSR count). The van der Waals surface area contributed by atoms with E-state index >= 15 is 0 Å². The van der Waals surface area contributed by atoms with Gasteiger partial charge in [0.2, 0.25) is 0 Å². The largest absolute Gasteiger partial charge is 0.431 e. The Kier molecular flexibility index (Phi) is 4.19. The molecule has 5 nitrogen and oxygen atoms in total. The Labute approximate surface area is 152 Å². The number of carbonyl (C=O) groups is 1. The predicted molar refractivity (Wildman–Crippen MR) is 100.0 cm³/mol. The van der Waals surface area contributed by atoms with Crippen LogP contribution in [0.2, 0.25) is 0 Å². The third-order valence-corrected chi connectivity index (χ3v) is 5.53. The van der Waals surface area contributed by atoms with Crippen molar-refractivity contribution in [3.05, 3.63) is 58.9 Å². The Morgan fingerprint density at radius 1 is 1.32 bits per heavy atom. The van der Waals surface area contributed by atoms with Gasteiger partial charge in [-0.25, -0.2) is 9.97 Å². The van der Waals surface area contributed by atoms with E-state index in [9.17, 15) is 4.79 Å². The minimum absolute atomic E-state index is 0.0585. The molecule has 0 aliphatic carbocycles. The summed E-state index contributed by atoms with van der Waals surface area (Å²) in [6.45, 7) is 3.94. The van der Waals surface area contributed by atoms with E-state index in [0.29, 0.717) is 5.22 Å². The van der Waals surface area contributed by atoms with E-state index in [1.807, 2.05) is 54.1 Å². The molecule has 0 bridgehead atoms. The van der Waals surface area contributed by atoms with E-state index in [1.54, 1.807) is 17.5 Å². The molecule has 3 heterocycles. The van der Waals surface area contributed by atoms with Crippen molar-refractivity contribution in [1.82, 2.24) is 14.5 Å². The van der Waals surface area contributed by atoms with E-state index in [2.05, 4.69) is 9.97 Å². The first-order valence-corrected chi connectivity index (χ1v) is 9.60. The van der Waals surface area contributed by atoms with Crippen LogP contribution in [0.4, 0.5) is 0 Å². The second-order valence-corrected chi connectivity index (χ2v) is 7.39. The molecule has 7 heteroatoms. The number of aromatic nitrogens is 3. The lowest BCUT2D eigenvalue weighted by Crippen LogP contribution is -2.05. The van der Waals surface area contributed by atoms with Gasteiger partial charge in [-0.1, -0.05) is 23.9 Å². The number of ketones is 1. The SMILES string of the molecule is Cc1cc(C(=O)CSc2nc3ccccc3o2)c(C)n1-c1nccs1. The normalized spacial score (nSPS) is 11.3. The third-order valence-electron chi connectivity index (χ3n) is 3.94. The minimum Gasteiger partial charge on any atom is -0.431 e. The van der Waals surface area contributed by atoms with Crippen LogP contribution < -0.4 is 0 Å². The van der Waals surface area contributed by atoms with Gasteiger partial charge in [-0.3, -0.25) is 9.36 Å². The Morgan fingerprint density at radius 2 is 2.16 bits per heavy atom. The smallest absolute Gasteiger partial charge is 0.257 e.